The van der Waals surface area contributed by atoms with Gasteiger partial charge in [0.05, 0.1) is 16.9 Å². The molecule has 1 aromatic heterocycles. The summed E-state index contributed by atoms with van der Waals surface area (Å²) in [6.07, 6.45) is 1.68. The highest BCUT2D eigenvalue weighted by atomic mass is 16.2. The fourth-order valence-corrected chi connectivity index (χ4v) is 3.14. The van der Waals surface area contributed by atoms with E-state index in [9.17, 15) is 9.59 Å². The van der Waals surface area contributed by atoms with Gasteiger partial charge in [-0.25, -0.2) is 0 Å². The van der Waals surface area contributed by atoms with E-state index in [1.54, 1.807) is 35.1 Å². The summed E-state index contributed by atoms with van der Waals surface area (Å²) in [4.78, 5) is 33.0. The van der Waals surface area contributed by atoms with Crippen molar-refractivity contribution in [3.63, 3.8) is 0 Å². The van der Waals surface area contributed by atoms with Gasteiger partial charge in [0.15, 0.2) is 0 Å². The van der Waals surface area contributed by atoms with E-state index in [1.807, 2.05) is 31.2 Å². The molecule has 0 aliphatic carbocycles. The van der Waals surface area contributed by atoms with Crippen LogP contribution in [-0.2, 0) is 4.79 Å². The SMILES string of the molecule is CC(=O)N1C[C@@H](C)CN(C(=O)c2cccnc2C)c2ccccc21. The van der Waals surface area contributed by atoms with Crippen LogP contribution >= 0.6 is 0 Å². The molecule has 2 aromatic rings. The molecule has 0 saturated carbocycles. The zero-order valence-electron chi connectivity index (χ0n) is 14.2. The quantitative estimate of drug-likeness (QED) is 0.810. The zero-order chi connectivity index (χ0) is 17.3. The van der Waals surface area contributed by atoms with E-state index in [-0.39, 0.29) is 17.7 Å². The molecule has 3 rings (SSSR count). The highest BCUT2D eigenvalue weighted by Gasteiger charge is 2.30. The lowest BCUT2D eigenvalue weighted by molar-refractivity contribution is -0.116. The third-order valence-corrected chi connectivity index (χ3v) is 4.31. The van der Waals surface area contributed by atoms with Gasteiger partial charge in [-0.1, -0.05) is 19.1 Å². The second-order valence-electron chi connectivity index (χ2n) is 6.28. The number of amides is 2. The number of anilines is 2. The molecule has 1 atom stereocenters. The van der Waals surface area contributed by atoms with E-state index in [0.29, 0.717) is 24.3 Å². The Hall–Kier alpha value is -2.69. The lowest BCUT2D eigenvalue weighted by Gasteiger charge is -2.25. The predicted octanol–water partition coefficient (Wildman–Crippen LogP) is 3.04. The van der Waals surface area contributed by atoms with E-state index in [0.717, 1.165) is 11.4 Å². The van der Waals surface area contributed by atoms with Crippen LogP contribution in [0.25, 0.3) is 0 Å². The van der Waals surface area contributed by atoms with Gasteiger partial charge in [-0.3, -0.25) is 14.6 Å². The van der Waals surface area contributed by atoms with Crippen LogP contribution in [0.3, 0.4) is 0 Å². The molecule has 0 radical (unpaired) electrons. The topological polar surface area (TPSA) is 53.5 Å². The van der Waals surface area contributed by atoms with Crippen molar-refractivity contribution in [2.24, 2.45) is 5.92 Å². The smallest absolute Gasteiger partial charge is 0.260 e. The van der Waals surface area contributed by atoms with Crippen molar-refractivity contribution in [1.29, 1.82) is 0 Å². The summed E-state index contributed by atoms with van der Waals surface area (Å²) in [6.45, 7) is 6.61. The van der Waals surface area contributed by atoms with E-state index in [4.69, 9.17) is 0 Å². The molecular weight excluding hydrogens is 302 g/mol. The number of hydrogen-bond donors (Lipinski definition) is 0. The Labute approximate surface area is 141 Å². The molecule has 0 unspecified atom stereocenters. The number of hydrogen-bond acceptors (Lipinski definition) is 3. The maximum atomic E-state index is 13.1. The lowest BCUT2D eigenvalue weighted by atomic mass is 10.1. The largest absolute Gasteiger partial charge is 0.310 e. The molecule has 0 saturated heterocycles. The Balaban J connectivity index is 2.10. The highest BCUT2D eigenvalue weighted by Crippen LogP contribution is 2.34. The molecular formula is C19H21N3O2. The first-order valence-corrected chi connectivity index (χ1v) is 8.09. The Morgan fingerprint density at radius 3 is 2.29 bits per heavy atom. The Bertz CT molecular complexity index is 788. The number of rotatable bonds is 1. The summed E-state index contributed by atoms with van der Waals surface area (Å²) < 4.78 is 0. The van der Waals surface area contributed by atoms with Crippen molar-refractivity contribution in [3.8, 4) is 0 Å². The Kier molecular flexibility index (Phi) is 4.34. The zero-order valence-corrected chi connectivity index (χ0v) is 14.2. The molecule has 5 nitrogen and oxygen atoms in total. The van der Waals surface area contributed by atoms with Crippen LogP contribution in [0.1, 0.15) is 29.9 Å². The van der Waals surface area contributed by atoms with E-state index < -0.39 is 0 Å². The minimum atomic E-state index is -0.0784. The predicted molar refractivity (Wildman–Crippen MR) is 94.3 cm³/mol. The monoisotopic (exact) mass is 323 g/mol. The molecule has 2 amide bonds. The molecule has 1 aromatic carbocycles. The summed E-state index contributed by atoms with van der Waals surface area (Å²) in [5.41, 5.74) is 2.85. The first-order valence-electron chi connectivity index (χ1n) is 8.09. The average molecular weight is 323 g/mol. The molecule has 5 heteroatoms. The maximum Gasteiger partial charge on any atom is 0.260 e. The minimum absolute atomic E-state index is 0.0128. The van der Waals surface area contributed by atoms with Gasteiger partial charge < -0.3 is 9.80 Å². The maximum absolute atomic E-state index is 13.1. The first-order chi connectivity index (χ1) is 11.5. The van der Waals surface area contributed by atoms with Gasteiger partial charge in [0.1, 0.15) is 0 Å². The van der Waals surface area contributed by atoms with Gasteiger partial charge in [-0.2, -0.15) is 0 Å². The fraction of sp³-hybridized carbons (Fsp3) is 0.316. The molecule has 1 aliphatic rings. The Morgan fingerprint density at radius 1 is 1.04 bits per heavy atom. The van der Waals surface area contributed by atoms with Crippen LogP contribution in [0.5, 0.6) is 0 Å². The molecule has 2 heterocycles. The highest BCUT2D eigenvalue weighted by molar-refractivity contribution is 6.10. The van der Waals surface area contributed by atoms with E-state index in [2.05, 4.69) is 11.9 Å². The van der Waals surface area contributed by atoms with Crippen LogP contribution < -0.4 is 9.80 Å². The average Bonchev–Trinajstić information content (AvgIpc) is 2.72. The molecule has 24 heavy (non-hydrogen) atoms. The number of aryl methyl sites for hydroxylation is 1. The number of para-hydroxylation sites is 2. The minimum Gasteiger partial charge on any atom is -0.310 e. The normalized spacial score (nSPS) is 17.2. The van der Waals surface area contributed by atoms with Crippen molar-refractivity contribution in [2.75, 3.05) is 22.9 Å². The fourth-order valence-electron chi connectivity index (χ4n) is 3.14. The van der Waals surface area contributed by atoms with Gasteiger partial charge in [0.25, 0.3) is 5.91 Å². The number of aromatic nitrogens is 1. The van der Waals surface area contributed by atoms with Gasteiger partial charge in [-0.05, 0) is 37.1 Å². The summed E-state index contributed by atoms with van der Waals surface area (Å²) in [6, 6.07) is 11.1. The number of nitrogens with zero attached hydrogens (tertiary/aromatic N) is 3. The number of carbonyl (C=O) groups is 2. The van der Waals surface area contributed by atoms with Crippen molar-refractivity contribution in [3.05, 3.63) is 53.9 Å². The van der Waals surface area contributed by atoms with E-state index >= 15 is 0 Å². The van der Waals surface area contributed by atoms with Crippen LogP contribution in [0.15, 0.2) is 42.6 Å². The van der Waals surface area contributed by atoms with Gasteiger partial charge >= 0.3 is 0 Å². The van der Waals surface area contributed by atoms with Crippen LogP contribution in [-0.4, -0.2) is 29.9 Å². The van der Waals surface area contributed by atoms with Crippen molar-refractivity contribution in [2.45, 2.75) is 20.8 Å². The number of carbonyl (C=O) groups excluding carboxylic acids is 2. The summed E-state index contributed by atoms with van der Waals surface area (Å²) in [7, 11) is 0. The Morgan fingerprint density at radius 2 is 1.67 bits per heavy atom. The summed E-state index contributed by atoms with van der Waals surface area (Å²) in [5, 5.41) is 0. The third-order valence-electron chi connectivity index (χ3n) is 4.31. The number of fused-ring (bicyclic) bond motifs is 1. The first kappa shape index (κ1) is 16.2. The standard InChI is InChI=1S/C19H21N3O2/c1-13-11-21(15(3)23)17-8-4-5-9-18(17)22(12-13)19(24)16-7-6-10-20-14(16)2/h4-10,13H,11-12H2,1-3H3/t13-/m1/s1. The molecule has 0 bridgehead atoms. The van der Waals surface area contributed by atoms with Crippen LogP contribution in [0, 0.1) is 12.8 Å². The van der Waals surface area contributed by atoms with Crippen LogP contribution in [0.2, 0.25) is 0 Å². The molecule has 0 fully saturated rings. The van der Waals surface area contributed by atoms with Crippen molar-refractivity contribution in [1.82, 2.24) is 4.98 Å². The van der Waals surface area contributed by atoms with Crippen molar-refractivity contribution < 1.29 is 9.59 Å². The summed E-state index contributed by atoms with van der Waals surface area (Å²) >= 11 is 0. The summed E-state index contributed by atoms with van der Waals surface area (Å²) in [5.74, 6) is 0.0775. The number of pyridine rings is 1. The van der Waals surface area contributed by atoms with E-state index in [1.165, 1.54) is 0 Å². The molecule has 0 spiro atoms. The van der Waals surface area contributed by atoms with Gasteiger partial charge in [0.2, 0.25) is 5.91 Å². The lowest BCUT2D eigenvalue weighted by Crippen LogP contribution is -2.36. The second kappa shape index (κ2) is 6.43. The number of benzene rings is 1. The second-order valence-corrected chi connectivity index (χ2v) is 6.28. The molecule has 124 valence electrons. The van der Waals surface area contributed by atoms with Crippen molar-refractivity contribution >= 4 is 23.2 Å². The van der Waals surface area contributed by atoms with Gasteiger partial charge in [0, 0.05) is 31.9 Å². The molecule has 1 aliphatic heterocycles. The van der Waals surface area contributed by atoms with Crippen LogP contribution in [0.4, 0.5) is 11.4 Å². The third kappa shape index (κ3) is 2.89. The molecule has 0 N–H and O–H groups in total. The van der Waals surface area contributed by atoms with Gasteiger partial charge in [-0.15, -0.1) is 0 Å².